The van der Waals surface area contributed by atoms with Gasteiger partial charge in [-0.15, -0.1) is 0 Å². The molecule has 0 aliphatic rings. The molecule has 1 N–H and O–H groups in total. The van der Waals surface area contributed by atoms with Gasteiger partial charge < -0.3 is 9.64 Å². The lowest BCUT2D eigenvalue weighted by atomic mass is 10.4. The summed E-state index contributed by atoms with van der Waals surface area (Å²) in [4.78, 5) is 9.54. The minimum Gasteiger partial charge on any atom is -0.478 e. The summed E-state index contributed by atoms with van der Waals surface area (Å²) < 4.78 is 32.4. The number of aromatic nitrogens is 2. The van der Waals surface area contributed by atoms with Gasteiger partial charge in [0.25, 0.3) is 15.9 Å². The number of nitrogens with one attached hydrogen (secondary N) is 1. The van der Waals surface area contributed by atoms with E-state index < -0.39 is 10.0 Å². The highest BCUT2D eigenvalue weighted by molar-refractivity contribution is 7.92. The van der Waals surface area contributed by atoms with Crippen LogP contribution in [0, 0.1) is 0 Å². The van der Waals surface area contributed by atoms with E-state index in [1.807, 2.05) is 0 Å². The molecular formula is C13H13Cl3N4O3S. The average Bonchev–Trinajstić information content (AvgIpc) is 2.49. The first-order valence-electron chi connectivity index (χ1n) is 6.43. The van der Waals surface area contributed by atoms with Crippen LogP contribution in [0.2, 0.25) is 15.2 Å². The van der Waals surface area contributed by atoms with Crippen molar-refractivity contribution in [3.8, 4) is 5.88 Å². The van der Waals surface area contributed by atoms with E-state index in [4.69, 9.17) is 39.5 Å². The van der Waals surface area contributed by atoms with Crippen molar-refractivity contribution < 1.29 is 13.2 Å². The van der Waals surface area contributed by atoms with Crippen LogP contribution in [0.5, 0.6) is 5.88 Å². The molecule has 130 valence electrons. The normalized spacial score (nSPS) is 11.2. The summed E-state index contributed by atoms with van der Waals surface area (Å²) >= 11 is 17.9. The highest BCUT2D eigenvalue weighted by Crippen LogP contribution is 2.33. The highest BCUT2D eigenvalue weighted by Gasteiger charge is 2.24. The summed E-state index contributed by atoms with van der Waals surface area (Å²) in [6.07, 6.45) is 0. The zero-order valence-electron chi connectivity index (χ0n) is 12.8. The maximum atomic E-state index is 12.5. The van der Waals surface area contributed by atoms with Crippen LogP contribution < -0.4 is 14.4 Å². The van der Waals surface area contributed by atoms with E-state index in [0.29, 0.717) is 5.82 Å². The summed E-state index contributed by atoms with van der Waals surface area (Å²) in [5, 5.41) is 0.0175. The molecule has 0 fully saturated rings. The molecule has 7 nitrogen and oxygen atoms in total. The SMILES string of the molecule is COc1nc(N(C)C)c(Cl)nc1NS(=O)(=O)c1cccc(Cl)c1Cl. The largest absolute Gasteiger partial charge is 0.478 e. The van der Waals surface area contributed by atoms with Crippen molar-refractivity contribution in [2.75, 3.05) is 30.8 Å². The number of ether oxygens (including phenoxy) is 1. The van der Waals surface area contributed by atoms with Crippen molar-refractivity contribution in [1.29, 1.82) is 0 Å². The number of rotatable bonds is 5. The second kappa shape index (κ2) is 7.18. The minimum absolute atomic E-state index is 0.00990. The van der Waals surface area contributed by atoms with Crippen LogP contribution in [0.15, 0.2) is 23.1 Å². The van der Waals surface area contributed by atoms with Crippen molar-refractivity contribution in [2.45, 2.75) is 4.90 Å². The van der Waals surface area contributed by atoms with E-state index in [1.165, 1.54) is 25.3 Å². The van der Waals surface area contributed by atoms with E-state index >= 15 is 0 Å². The lowest BCUT2D eigenvalue weighted by molar-refractivity contribution is 0.398. The van der Waals surface area contributed by atoms with Crippen LogP contribution in [0.25, 0.3) is 0 Å². The Labute approximate surface area is 154 Å². The van der Waals surface area contributed by atoms with Gasteiger partial charge >= 0.3 is 0 Å². The number of nitrogens with zero attached hydrogens (tertiary/aromatic N) is 3. The Morgan fingerprint density at radius 3 is 2.42 bits per heavy atom. The Hall–Kier alpha value is -1.48. The van der Waals surface area contributed by atoms with E-state index in [2.05, 4.69) is 14.7 Å². The number of benzene rings is 1. The molecule has 1 aromatic heterocycles. The third-order valence-electron chi connectivity index (χ3n) is 2.86. The minimum atomic E-state index is -4.07. The fraction of sp³-hybridized carbons (Fsp3) is 0.231. The van der Waals surface area contributed by atoms with Crippen molar-refractivity contribution in [1.82, 2.24) is 9.97 Å². The average molecular weight is 412 g/mol. The smallest absolute Gasteiger partial charge is 0.264 e. The lowest BCUT2D eigenvalue weighted by Crippen LogP contribution is -2.18. The summed E-state index contributed by atoms with van der Waals surface area (Å²) in [6.45, 7) is 0. The summed E-state index contributed by atoms with van der Waals surface area (Å²) in [6, 6.07) is 4.26. The van der Waals surface area contributed by atoms with Gasteiger partial charge in [-0.25, -0.2) is 13.4 Å². The van der Waals surface area contributed by atoms with E-state index in [1.54, 1.807) is 19.0 Å². The summed E-state index contributed by atoms with van der Waals surface area (Å²) in [7, 11) is 0.691. The zero-order chi connectivity index (χ0) is 18.1. The van der Waals surface area contributed by atoms with E-state index in [0.717, 1.165) is 0 Å². The maximum Gasteiger partial charge on any atom is 0.264 e. The quantitative estimate of drug-likeness (QED) is 0.812. The molecule has 0 saturated carbocycles. The topological polar surface area (TPSA) is 84.4 Å². The van der Waals surface area contributed by atoms with E-state index in [-0.39, 0.29) is 31.8 Å². The Kier molecular flexibility index (Phi) is 5.64. The fourth-order valence-corrected chi connectivity index (χ4v) is 3.82. The molecule has 0 bridgehead atoms. The van der Waals surface area contributed by atoms with Gasteiger partial charge in [-0.05, 0) is 12.1 Å². The van der Waals surface area contributed by atoms with Crippen molar-refractivity contribution >= 4 is 56.5 Å². The number of sulfonamides is 1. The molecule has 0 amide bonds. The van der Waals surface area contributed by atoms with Crippen molar-refractivity contribution in [2.24, 2.45) is 0 Å². The molecule has 1 heterocycles. The zero-order valence-corrected chi connectivity index (χ0v) is 15.9. The Morgan fingerprint density at radius 1 is 1.17 bits per heavy atom. The van der Waals surface area contributed by atoms with Crippen LogP contribution in [-0.4, -0.2) is 39.6 Å². The molecule has 2 rings (SSSR count). The van der Waals surface area contributed by atoms with Crippen LogP contribution in [0.4, 0.5) is 11.6 Å². The van der Waals surface area contributed by atoms with Gasteiger partial charge in [-0.1, -0.05) is 40.9 Å². The summed E-state index contributed by atoms with van der Waals surface area (Å²) in [5.74, 6) is 0.131. The third kappa shape index (κ3) is 3.77. The Morgan fingerprint density at radius 2 is 1.83 bits per heavy atom. The monoisotopic (exact) mass is 410 g/mol. The standard InChI is InChI=1S/C13H13Cl3N4O3S/c1-20(2)12-10(16)17-11(13(18-12)23-3)19-24(21,22)8-6-4-5-7(14)9(8)15/h4-6H,1-3H3,(H,17,19). The maximum absolute atomic E-state index is 12.5. The van der Waals surface area contributed by atoms with Gasteiger partial charge in [-0.3, -0.25) is 4.72 Å². The second-order valence-corrected chi connectivity index (χ2v) is 7.54. The van der Waals surface area contributed by atoms with Gasteiger partial charge in [0.15, 0.2) is 11.0 Å². The van der Waals surface area contributed by atoms with Gasteiger partial charge in [-0.2, -0.15) is 4.98 Å². The number of hydrogen-bond acceptors (Lipinski definition) is 6. The highest BCUT2D eigenvalue weighted by atomic mass is 35.5. The Balaban J connectivity index is 2.50. The lowest BCUT2D eigenvalue weighted by Gasteiger charge is -2.16. The first-order valence-corrected chi connectivity index (χ1v) is 9.04. The summed E-state index contributed by atoms with van der Waals surface area (Å²) in [5.41, 5.74) is 0. The van der Waals surface area contributed by atoms with Crippen LogP contribution in [-0.2, 0) is 10.0 Å². The molecule has 0 unspecified atom stereocenters. The van der Waals surface area contributed by atoms with E-state index in [9.17, 15) is 8.42 Å². The first kappa shape index (κ1) is 18.9. The molecule has 0 radical (unpaired) electrons. The molecule has 0 atom stereocenters. The molecule has 24 heavy (non-hydrogen) atoms. The van der Waals surface area contributed by atoms with Crippen LogP contribution in [0.3, 0.4) is 0 Å². The molecule has 0 saturated heterocycles. The molecule has 0 aliphatic heterocycles. The molecule has 11 heteroatoms. The number of methoxy groups -OCH3 is 1. The van der Waals surface area contributed by atoms with Crippen LogP contribution in [0.1, 0.15) is 0 Å². The van der Waals surface area contributed by atoms with Gasteiger partial charge in [0, 0.05) is 14.1 Å². The van der Waals surface area contributed by atoms with Crippen molar-refractivity contribution in [3.05, 3.63) is 33.4 Å². The Bertz CT molecular complexity index is 875. The van der Waals surface area contributed by atoms with Crippen LogP contribution >= 0.6 is 34.8 Å². The number of halogens is 3. The third-order valence-corrected chi connectivity index (χ3v) is 5.42. The fourth-order valence-electron chi connectivity index (χ4n) is 1.76. The molecule has 1 aromatic carbocycles. The van der Waals surface area contributed by atoms with Gasteiger partial charge in [0.2, 0.25) is 5.82 Å². The number of hydrogen-bond donors (Lipinski definition) is 1. The first-order chi connectivity index (χ1) is 11.2. The van der Waals surface area contributed by atoms with Gasteiger partial charge in [0.1, 0.15) is 4.90 Å². The van der Waals surface area contributed by atoms with Gasteiger partial charge in [0.05, 0.1) is 17.2 Å². The number of anilines is 2. The van der Waals surface area contributed by atoms with Crippen molar-refractivity contribution in [3.63, 3.8) is 0 Å². The predicted octanol–water partition coefficient (Wildman–Crippen LogP) is 3.31. The molecule has 0 spiro atoms. The predicted molar refractivity (Wildman–Crippen MR) is 95.2 cm³/mol. The second-order valence-electron chi connectivity index (χ2n) is 4.75. The molecule has 0 aliphatic carbocycles. The molecule has 2 aromatic rings. The molecular weight excluding hydrogens is 399 g/mol.